The van der Waals surface area contributed by atoms with Crippen molar-refractivity contribution in [3.05, 3.63) is 81.8 Å². The van der Waals surface area contributed by atoms with Crippen molar-refractivity contribution in [1.82, 2.24) is 15.2 Å². The van der Waals surface area contributed by atoms with Crippen LogP contribution < -0.4 is 20.1 Å². The van der Waals surface area contributed by atoms with Crippen molar-refractivity contribution in [2.24, 2.45) is 0 Å². The fourth-order valence-corrected chi connectivity index (χ4v) is 7.15. The second-order valence-electron chi connectivity index (χ2n) is 12.2. The highest BCUT2D eigenvalue weighted by Crippen LogP contribution is 2.44. The van der Waals surface area contributed by atoms with Crippen molar-refractivity contribution in [2.75, 3.05) is 20.2 Å². The first-order valence-corrected chi connectivity index (χ1v) is 19.1. The molecule has 8 heteroatoms. The molecule has 1 aromatic heterocycles. The first-order valence-electron chi connectivity index (χ1n) is 18.3. The zero-order valence-corrected chi connectivity index (χ0v) is 31.6. The Morgan fingerprint density at radius 2 is 1.39 bits per heavy atom. The highest BCUT2D eigenvalue weighted by atomic mass is 79.9. The number of methoxy groups -OCH3 is 1. The van der Waals surface area contributed by atoms with Gasteiger partial charge in [-0.25, -0.2) is 0 Å². The number of nitrogens with one attached hydrogen (secondary N) is 2. The molecule has 7 nitrogen and oxygen atoms in total. The maximum Gasteiger partial charge on any atom is 0.251 e. The number of carbonyl (C=O) groups excluding carboxylic acids is 2. The molecule has 0 spiro atoms. The van der Waals surface area contributed by atoms with Crippen molar-refractivity contribution >= 4 is 38.6 Å². The topological polar surface area (TPSA) is 81.6 Å². The van der Waals surface area contributed by atoms with Gasteiger partial charge in [-0.2, -0.15) is 0 Å². The minimum absolute atomic E-state index is 0.00288. The summed E-state index contributed by atoms with van der Waals surface area (Å²) in [6, 6.07) is 20.1. The Morgan fingerprint density at radius 1 is 0.755 bits per heavy atom. The molecular formula is C41H54BrN3O4. The molecule has 1 aliphatic carbocycles. The van der Waals surface area contributed by atoms with Gasteiger partial charge in [-0.1, -0.05) is 81.8 Å². The first kappa shape index (κ1) is 38.0. The average Bonchev–Trinajstić information content (AvgIpc) is 3.47. The number of nitrogens with zero attached hydrogens (tertiary/aromatic N) is 1. The van der Waals surface area contributed by atoms with Crippen molar-refractivity contribution in [1.29, 1.82) is 0 Å². The van der Waals surface area contributed by atoms with Gasteiger partial charge in [0, 0.05) is 34.1 Å². The Hall–Kier alpha value is -3.78. The van der Waals surface area contributed by atoms with E-state index in [1.807, 2.05) is 70.2 Å². The number of fused-ring (bicyclic) bond motifs is 1. The summed E-state index contributed by atoms with van der Waals surface area (Å²) >= 11 is 3.61. The van der Waals surface area contributed by atoms with Crippen LogP contribution in [-0.2, 0) is 17.9 Å². The normalized spacial score (nSPS) is 15.8. The van der Waals surface area contributed by atoms with E-state index < -0.39 is 0 Å². The van der Waals surface area contributed by atoms with Crippen LogP contribution in [0.5, 0.6) is 11.5 Å². The third-order valence-electron chi connectivity index (χ3n) is 9.17. The number of carbonyl (C=O) groups is 2. The number of amides is 2. The molecule has 2 aliphatic rings. The lowest BCUT2D eigenvalue weighted by Crippen LogP contribution is -2.28. The van der Waals surface area contributed by atoms with E-state index in [-0.39, 0.29) is 18.4 Å². The lowest BCUT2D eigenvalue weighted by molar-refractivity contribution is -0.121. The summed E-state index contributed by atoms with van der Waals surface area (Å²) in [6.45, 7) is 9.92. The van der Waals surface area contributed by atoms with Crippen LogP contribution in [0.15, 0.2) is 65.1 Å². The molecule has 2 amide bonds. The summed E-state index contributed by atoms with van der Waals surface area (Å²) in [7, 11) is 1.66. The molecule has 1 fully saturated rings. The maximum absolute atomic E-state index is 13.4. The van der Waals surface area contributed by atoms with Crippen LogP contribution in [0.4, 0.5) is 0 Å². The Labute approximate surface area is 301 Å². The Bertz CT molecular complexity index is 1660. The van der Waals surface area contributed by atoms with Crippen LogP contribution in [-0.4, -0.2) is 36.6 Å². The molecule has 264 valence electrons. The summed E-state index contributed by atoms with van der Waals surface area (Å²) in [5.41, 5.74) is 5.96. The highest BCUT2D eigenvalue weighted by Gasteiger charge is 2.28. The number of ether oxygens (including phenoxy) is 2. The van der Waals surface area contributed by atoms with Gasteiger partial charge in [-0.3, -0.25) is 9.59 Å². The van der Waals surface area contributed by atoms with Crippen molar-refractivity contribution in [2.45, 2.75) is 105 Å². The van der Waals surface area contributed by atoms with Gasteiger partial charge in [0.05, 0.1) is 18.3 Å². The molecule has 2 heterocycles. The average molecular weight is 733 g/mol. The summed E-state index contributed by atoms with van der Waals surface area (Å²) in [6.07, 6.45) is 9.82. The number of aromatic nitrogens is 1. The predicted molar refractivity (Wildman–Crippen MR) is 205 cm³/mol. The van der Waals surface area contributed by atoms with Crippen molar-refractivity contribution in [3.63, 3.8) is 0 Å². The first-order chi connectivity index (χ1) is 24.0. The molecule has 4 aromatic rings. The lowest BCUT2D eigenvalue weighted by Gasteiger charge is -2.24. The Kier molecular flexibility index (Phi) is 15.1. The van der Waals surface area contributed by atoms with Gasteiger partial charge in [-0.15, -0.1) is 0 Å². The zero-order valence-electron chi connectivity index (χ0n) is 30.0. The minimum Gasteiger partial charge on any atom is -0.497 e. The lowest BCUT2D eigenvalue weighted by atomic mass is 9.81. The summed E-state index contributed by atoms with van der Waals surface area (Å²) in [5, 5.41) is 7.40. The van der Waals surface area contributed by atoms with Crippen LogP contribution in [0, 0.1) is 0 Å². The molecule has 0 saturated heterocycles. The monoisotopic (exact) mass is 731 g/mol. The van der Waals surface area contributed by atoms with Gasteiger partial charge < -0.3 is 24.7 Å². The van der Waals surface area contributed by atoms with Gasteiger partial charge in [0.15, 0.2) is 0 Å². The van der Waals surface area contributed by atoms with Crippen LogP contribution in [0.1, 0.15) is 113 Å². The molecule has 0 unspecified atom stereocenters. The highest BCUT2D eigenvalue weighted by molar-refractivity contribution is 9.10. The van der Waals surface area contributed by atoms with E-state index in [4.69, 9.17) is 9.47 Å². The van der Waals surface area contributed by atoms with E-state index in [2.05, 4.69) is 49.3 Å². The van der Waals surface area contributed by atoms with Crippen LogP contribution in [0.25, 0.3) is 22.2 Å². The number of hydrogen-bond donors (Lipinski definition) is 2. The summed E-state index contributed by atoms with van der Waals surface area (Å²) < 4.78 is 14.7. The molecule has 6 rings (SSSR count). The molecule has 49 heavy (non-hydrogen) atoms. The number of benzene rings is 3. The number of rotatable bonds is 6. The minimum atomic E-state index is -0.0612. The van der Waals surface area contributed by atoms with E-state index in [0.29, 0.717) is 31.2 Å². The second kappa shape index (κ2) is 19.4. The SMILES string of the molecule is CC.CC.COc1ccc(Br)c(COc2ccc(-c3c(C4CCCCC4)c4ccc5cc4n3CC(=O)NCCCCCCNC5=O)cc2)c1. The van der Waals surface area contributed by atoms with E-state index in [1.165, 1.54) is 24.8 Å². The van der Waals surface area contributed by atoms with Gasteiger partial charge in [0.25, 0.3) is 5.91 Å². The van der Waals surface area contributed by atoms with Crippen molar-refractivity contribution in [3.8, 4) is 22.8 Å². The van der Waals surface area contributed by atoms with Crippen LogP contribution in [0.3, 0.4) is 0 Å². The molecule has 3 aromatic carbocycles. The van der Waals surface area contributed by atoms with E-state index >= 15 is 0 Å². The molecular weight excluding hydrogens is 678 g/mol. The number of halogens is 1. The third-order valence-corrected chi connectivity index (χ3v) is 9.94. The van der Waals surface area contributed by atoms with Crippen LogP contribution >= 0.6 is 15.9 Å². The van der Waals surface area contributed by atoms with Crippen molar-refractivity contribution < 1.29 is 19.1 Å². The third kappa shape index (κ3) is 9.68. The van der Waals surface area contributed by atoms with Gasteiger partial charge in [0.2, 0.25) is 5.91 Å². The van der Waals surface area contributed by atoms with E-state index in [0.717, 1.165) is 82.2 Å². The largest absolute Gasteiger partial charge is 0.497 e. The summed E-state index contributed by atoms with van der Waals surface area (Å²) in [5.74, 6) is 1.88. The smallest absolute Gasteiger partial charge is 0.251 e. The molecule has 1 aliphatic heterocycles. The van der Waals surface area contributed by atoms with Gasteiger partial charge >= 0.3 is 0 Å². The fourth-order valence-electron chi connectivity index (χ4n) is 6.79. The predicted octanol–water partition coefficient (Wildman–Crippen LogP) is 10.2. The Balaban J connectivity index is 0.00000130. The molecule has 2 bridgehead atoms. The number of hydrogen-bond acceptors (Lipinski definition) is 4. The van der Waals surface area contributed by atoms with E-state index in [1.54, 1.807) is 7.11 Å². The summed E-state index contributed by atoms with van der Waals surface area (Å²) in [4.78, 5) is 26.6. The maximum atomic E-state index is 13.4. The van der Waals surface area contributed by atoms with Gasteiger partial charge in [0.1, 0.15) is 24.7 Å². The quantitative estimate of drug-likeness (QED) is 0.207. The van der Waals surface area contributed by atoms with Gasteiger partial charge in [-0.05, 0) is 97.3 Å². The molecule has 2 N–H and O–H groups in total. The zero-order chi connectivity index (χ0) is 35.2. The standard InChI is InChI=1S/C37H42BrN3O4.2C2H6/c1-44-30-16-18-32(38)28(21-30)24-45-29-14-11-26(12-15-29)36-35(25-9-5-4-6-10-25)31-17-13-27-22-33(31)41(36)23-34(42)39-19-7-2-3-8-20-40-37(27)43;2*1-2/h11-18,21-22,25H,2-10,19-20,23-24H2,1H3,(H,39,42)(H,40,43);2*1-2H3. The van der Waals surface area contributed by atoms with Crippen LogP contribution in [0.2, 0.25) is 0 Å². The molecule has 0 atom stereocenters. The second-order valence-corrected chi connectivity index (χ2v) is 13.1. The molecule has 1 saturated carbocycles. The van der Waals surface area contributed by atoms with E-state index in [9.17, 15) is 9.59 Å². The Morgan fingerprint density at radius 3 is 2.08 bits per heavy atom. The molecule has 0 radical (unpaired) electrons. The fraction of sp³-hybridized carbons (Fsp3) is 0.463.